The summed E-state index contributed by atoms with van der Waals surface area (Å²) in [5.74, 6) is 1.59. The highest BCUT2D eigenvalue weighted by Crippen LogP contribution is 2.15. The van der Waals surface area contributed by atoms with E-state index in [-0.39, 0.29) is 18.5 Å². The van der Waals surface area contributed by atoms with Gasteiger partial charge in [-0.1, -0.05) is 6.92 Å². The number of carbonyl (C=O) groups is 1. The lowest BCUT2D eigenvalue weighted by Crippen LogP contribution is -2.46. The summed E-state index contributed by atoms with van der Waals surface area (Å²) < 4.78 is 4.60. The van der Waals surface area contributed by atoms with E-state index in [4.69, 9.17) is 10.8 Å². The van der Waals surface area contributed by atoms with Gasteiger partial charge in [-0.2, -0.15) is 11.8 Å². The molecular weight excluding hydrogens is 214 g/mol. The van der Waals surface area contributed by atoms with Gasteiger partial charge in [0.15, 0.2) is 0 Å². The summed E-state index contributed by atoms with van der Waals surface area (Å²) in [5, 5.41) is 8.81. The van der Waals surface area contributed by atoms with Crippen LogP contribution in [0, 0.1) is 5.92 Å². The molecule has 0 radical (unpaired) electrons. The number of rotatable bonds is 7. The van der Waals surface area contributed by atoms with Gasteiger partial charge in [-0.3, -0.25) is 4.79 Å². The first-order valence-electron chi connectivity index (χ1n) is 5.00. The Labute approximate surface area is 95.6 Å². The summed E-state index contributed by atoms with van der Waals surface area (Å²) in [7, 11) is 1.34. The molecule has 0 saturated heterocycles. The Bertz CT molecular complexity index is 197. The largest absolute Gasteiger partial charge is 0.468 e. The van der Waals surface area contributed by atoms with Crippen LogP contribution >= 0.6 is 11.8 Å². The van der Waals surface area contributed by atoms with E-state index >= 15 is 0 Å². The van der Waals surface area contributed by atoms with Crippen molar-refractivity contribution in [3.05, 3.63) is 0 Å². The molecule has 0 aliphatic heterocycles. The van der Waals surface area contributed by atoms with E-state index in [1.54, 1.807) is 18.7 Å². The molecule has 0 aliphatic rings. The molecule has 15 heavy (non-hydrogen) atoms. The van der Waals surface area contributed by atoms with E-state index in [2.05, 4.69) is 4.74 Å². The molecule has 2 unspecified atom stereocenters. The van der Waals surface area contributed by atoms with E-state index in [1.165, 1.54) is 7.11 Å². The van der Waals surface area contributed by atoms with Gasteiger partial charge < -0.3 is 15.6 Å². The Morgan fingerprint density at radius 3 is 2.73 bits per heavy atom. The minimum absolute atomic E-state index is 0.198. The highest BCUT2D eigenvalue weighted by Gasteiger charge is 2.28. The SMILES string of the molecule is COC(=O)C(C)(N)CCSCC(C)CO. The number of carbonyl (C=O) groups excluding carboxylic acids is 1. The van der Waals surface area contributed by atoms with Crippen LogP contribution in [0.25, 0.3) is 0 Å². The quantitative estimate of drug-likeness (QED) is 0.500. The fraction of sp³-hybridized carbons (Fsp3) is 0.900. The second-order valence-electron chi connectivity index (χ2n) is 4.02. The summed E-state index contributed by atoms with van der Waals surface area (Å²) in [6.07, 6.45) is 0.586. The molecule has 0 aromatic carbocycles. The first-order chi connectivity index (χ1) is 6.94. The number of thioether (sulfide) groups is 1. The molecule has 0 aromatic heterocycles. The average Bonchev–Trinajstić information content (AvgIpc) is 2.22. The number of hydrogen-bond donors (Lipinski definition) is 2. The third-order valence-corrected chi connectivity index (χ3v) is 3.43. The number of esters is 1. The van der Waals surface area contributed by atoms with Gasteiger partial charge in [-0.15, -0.1) is 0 Å². The first kappa shape index (κ1) is 14.7. The smallest absolute Gasteiger partial charge is 0.325 e. The minimum Gasteiger partial charge on any atom is -0.468 e. The molecule has 0 fully saturated rings. The Hall–Kier alpha value is -0.260. The highest BCUT2D eigenvalue weighted by molar-refractivity contribution is 7.99. The predicted molar refractivity (Wildman–Crippen MR) is 62.8 cm³/mol. The first-order valence-corrected chi connectivity index (χ1v) is 6.15. The van der Waals surface area contributed by atoms with Gasteiger partial charge in [-0.25, -0.2) is 0 Å². The van der Waals surface area contributed by atoms with Crippen LogP contribution in [0.4, 0.5) is 0 Å². The van der Waals surface area contributed by atoms with Crippen molar-refractivity contribution in [3.63, 3.8) is 0 Å². The van der Waals surface area contributed by atoms with Gasteiger partial charge in [0.1, 0.15) is 5.54 Å². The normalized spacial score (nSPS) is 16.9. The fourth-order valence-electron chi connectivity index (χ4n) is 0.957. The van der Waals surface area contributed by atoms with Crippen molar-refractivity contribution in [1.29, 1.82) is 0 Å². The molecule has 90 valence electrons. The topological polar surface area (TPSA) is 72.5 Å². The molecule has 0 aromatic rings. The van der Waals surface area contributed by atoms with Crippen molar-refractivity contribution in [1.82, 2.24) is 0 Å². The van der Waals surface area contributed by atoms with Crippen molar-refractivity contribution in [2.75, 3.05) is 25.2 Å². The third-order valence-electron chi connectivity index (χ3n) is 2.13. The molecule has 0 rings (SSSR count). The number of nitrogens with two attached hydrogens (primary N) is 1. The monoisotopic (exact) mass is 235 g/mol. The summed E-state index contributed by atoms with van der Waals surface area (Å²) in [6, 6.07) is 0. The van der Waals surface area contributed by atoms with Gasteiger partial charge in [0.25, 0.3) is 0 Å². The van der Waals surface area contributed by atoms with Crippen molar-refractivity contribution >= 4 is 17.7 Å². The lowest BCUT2D eigenvalue weighted by Gasteiger charge is -2.21. The van der Waals surface area contributed by atoms with Crippen molar-refractivity contribution in [2.24, 2.45) is 11.7 Å². The zero-order valence-corrected chi connectivity index (χ0v) is 10.5. The van der Waals surface area contributed by atoms with Crippen LogP contribution in [0.1, 0.15) is 20.3 Å². The molecule has 0 saturated carbocycles. The third kappa shape index (κ3) is 6.02. The van der Waals surface area contributed by atoms with Crippen LogP contribution in [0.3, 0.4) is 0 Å². The zero-order chi connectivity index (χ0) is 11.9. The maximum Gasteiger partial charge on any atom is 0.325 e. The van der Waals surface area contributed by atoms with Gasteiger partial charge in [-0.05, 0) is 30.8 Å². The second kappa shape index (κ2) is 7.09. The summed E-state index contributed by atoms with van der Waals surface area (Å²) >= 11 is 1.69. The summed E-state index contributed by atoms with van der Waals surface area (Å²) in [4.78, 5) is 11.2. The molecular formula is C10H21NO3S. The lowest BCUT2D eigenvalue weighted by molar-refractivity contribution is -0.146. The number of methoxy groups -OCH3 is 1. The van der Waals surface area contributed by atoms with E-state index in [0.29, 0.717) is 6.42 Å². The van der Waals surface area contributed by atoms with Crippen molar-refractivity contribution in [2.45, 2.75) is 25.8 Å². The van der Waals surface area contributed by atoms with Crippen LogP contribution in [-0.4, -0.2) is 41.8 Å². The Morgan fingerprint density at radius 2 is 2.27 bits per heavy atom. The van der Waals surface area contributed by atoms with Gasteiger partial charge in [0.2, 0.25) is 0 Å². The van der Waals surface area contributed by atoms with Crippen LogP contribution in [0.2, 0.25) is 0 Å². The second-order valence-corrected chi connectivity index (χ2v) is 5.17. The van der Waals surface area contributed by atoms with Gasteiger partial charge in [0, 0.05) is 6.61 Å². The Kier molecular flexibility index (Phi) is 6.96. The standard InChI is InChI=1S/C10H21NO3S/c1-8(6-12)7-15-5-4-10(2,11)9(13)14-3/h8,12H,4-7,11H2,1-3H3. The molecule has 0 heterocycles. The van der Waals surface area contributed by atoms with Crippen molar-refractivity contribution in [3.8, 4) is 0 Å². The molecule has 0 amide bonds. The molecule has 0 aliphatic carbocycles. The maximum absolute atomic E-state index is 11.2. The van der Waals surface area contributed by atoms with Crippen molar-refractivity contribution < 1.29 is 14.6 Å². The minimum atomic E-state index is -0.899. The van der Waals surface area contributed by atoms with Gasteiger partial charge >= 0.3 is 5.97 Å². The van der Waals surface area contributed by atoms with E-state index in [0.717, 1.165) is 11.5 Å². The number of ether oxygens (including phenoxy) is 1. The van der Waals surface area contributed by atoms with E-state index in [9.17, 15) is 4.79 Å². The van der Waals surface area contributed by atoms with Crippen LogP contribution in [-0.2, 0) is 9.53 Å². The lowest BCUT2D eigenvalue weighted by atomic mass is 10.0. The Balaban J connectivity index is 3.71. The van der Waals surface area contributed by atoms with E-state index < -0.39 is 5.54 Å². The maximum atomic E-state index is 11.2. The number of aliphatic hydroxyl groups is 1. The zero-order valence-electron chi connectivity index (χ0n) is 9.66. The molecule has 4 nitrogen and oxygen atoms in total. The van der Waals surface area contributed by atoms with Crippen LogP contribution in [0.5, 0.6) is 0 Å². The molecule has 2 atom stereocenters. The van der Waals surface area contributed by atoms with Gasteiger partial charge in [0.05, 0.1) is 7.11 Å². The highest BCUT2D eigenvalue weighted by atomic mass is 32.2. The molecule has 3 N–H and O–H groups in total. The molecule has 0 bridgehead atoms. The predicted octanol–water partition coefficient (Wildman–Crippen LogP) is 0.628. The summed E-state index contributed by atoms with van der Waals surface area (Å²) in [6.45, 7) is 3.85. The molecule has 5 heteroatoms. The van der Waals surface area contributed by atoms with E-state index in [1.807, 2.05) is 6.92 Å². The van der Waals surface area contributed by atoms with Crippen LogP contribution < -0.4 is 5.73 Å². The fourth-order valence-corrected chi connectivity index (χ4v) is 2.20. The average molecular weight is 235 g/mol. The summed E-state index contributed by atoms with van der Waals surface area (Å²) in [5.41, 5.74) is 4.88. The van der Waals surface area contributed by atoms with Crippen LogP contribution in [0.15, 0.2) is 0 Å². The number of hydrogen-bond acceptors (Lipinski definition) is 5. The Morgan fingerprint density at radius 1 is 1.67 bits per heavy atom. The molecule has 0 spiro atoms. The number of aliphatic hydroxyl groups excluding tert-OH is 1.